The minimum absolute atomic E-state index is 0.0450. The summed E-state index contributed by atoms with van der Waals surface area (Å²) in [6, 6.07) is 13.1. The standard InChI is InChI=1S/C15H15ClN2O3S/c16-14-7-2-1-4-11(14)8-9-15(19)18-12-5-3-6-13(10-12)22(17,20)21/h1-7,10H,8-9H2,(H,18,19)(H2,17,20,21). The number of aryl methyl sites for hydroxylation is 1. The van der Waals surface area contributed by atoms with Crippen molar-refractivity contribution in [2.75, 3.05) is 5.32 Å². The normalized spacial score (nSPS) is 11.2. The number of hydrogen-bond donors (Lipinski definition) is 2. The lowest BCUT2D eigenvalue weighted by atomic mass is 10.1. The number of sulfonamides is 1. The first-order valence-corrected chi connectivity index (χ1v) is 8.45. The molecule has 0 fully saturated rings. The Labute approximate surface area is 134 Å². The number of carbonyl (C=O) groups is 1. The molecule has 1 amide bonds. The van der Waals surface area contributed by atoms with Crippen LogP contribution in [0.15, 0.2) is 53.4 Å². The lowest BCUT2D eigenvalue weighted by Gasteiger charge is -2.07. The van der Waals surface area contributed by atoms with Gasteiger partial charge in [-0.25, -0.2) is 13.6 Å². The van der Waals surface area contributed by atoms with E-state index in [1.165, 1.54) is 18.2 Å². The van der Waals surface area contributed by atoms with Crippen LogP contribution in [-0.4, -0.2) is 14.3 Å². The first-order valence-electron chi connectivity index (χ1n) is 6.52. The van der Waals surface area contributed by atoms with Crippen LogP contribution in [-0.2, 0) is 21.2 Å². The van der Waals surface area contributed by atoms with E-state index < -0.39 is 10.0 Å². The molecular weight excluding hydrogens is 324 g/mol. The Hall–Kier alpha value is -1.89. The third-order valence-electron chi connectivity index (χ3n) is 3.03. The maximum atomic E-state index is 11.9. The van der Waals surface area contributed by atoms with Crippen molar-refractivity contribution < 1.29 is 13.2 Å². The third-order valence-corrected chi connectivity index (χ3v) is 4.31. The summed E-state index contributed by atoms with van der Waals surface area (Å²) >= 11 is 6.03. The maximum absolute atomic E-state index is 11.9. The number of benzene rings is 2. The van der Waals surface area contributed by atoms with Crippen LogP contribution in [0.3, 0.4) is 0 Å². The number of amides is 1. The van der Waals surface area contributed by atoms with Crippen LogP contribution in [0.2, 0.25) is 5.02 Å². The molecule has 5 nitrogen and oxygen atoms in total. The van der Waals surface area contributed by atoms with Crippen molar-refractivity contribution in [2.45, 2.75) is 17.7 Å². The summed E-state index contributed by atoms with van der Waals surface area (Å²) in [7, 11) is -3.79. The second-order valence-electron chi connectivity index (χ2n) is 4.71. The van der Waals surface area contributed by atoms with Gasteiger partial charge < -0.3 is 5.32 Å². The number of anilines is 1. The Morgan fingerprint density at radius 2 is 1.86 bits per heavy atom. The monoisotopic (exact) mass is 338 g/mol. The van der Waals surface area contributed by atoms with Gasteiger partial charge >= 0.3 is 0 Å². The van der Waals surface area contributed by atoms with Crippen molar-refractivity contribution in [3.8, 4) is 0 Å². The quantitative estimate of drug-likeness (QED) is 0.878. The van der Waals surface area contributed by atoms with Gasteiger partial charge in [0.2, 0.25) is 15.9 Å². The predicted octanol–water partition coefficient (Wildman–Crippen LogP) is 2.56. The topological polar surface area (TPSA) is 89.3 Å². The number of nitrogens with one attached hydrogen (secondary N) is 1. The summed E-state index contributed by atoms with van der Waals surface area (Å²) in [4.78, 5) is 11.9. The molecule has 0 bridgehead atoms. The molecule has 0 unspecified atom stereocenters. The summed E-state index contributed by atoms with van der Waals surface area (Å²) in [5.41, 5.74) is 1.27. The van der Waals surface area contributed by atoms with Crippen LogP contribution >= 0.6 is 11.6 Å². The average molecular weight is 339 g/mol. The van der Waals surface area contributed by atoms with Crippen molar-refractivity contribution in [3.05, 3.63) is 59.1 Å². The molecule has 116 valence electrons. The highest BCUT2D eigenvalue weighted by atomic mass is 35.5. The van der Waals surface area contributed by atoms with Gasteiger partial charge in [0.05, 0.1) is 4.90 Å². The van der Waals surface area contributed by atoms with Gasteiger partial charge in [-0.2, -0.15) is 0 Å². The van der Waals surface area contributed by atoms with Gasteiger partial charge in [0.15, 0.2) is 0 Å². The van der Waals surface area contributed by atoms with Crippen LogP contribution in [0.1, 0.15) is 12.0 Å². The summed E-state index contributed by atoms with van der Waals surface area (Å²) in [6.07, 6.45) is 0.740. The molecule has 0 radical (unpaired) electrons. The number of halogens is 1. The third kappa shape index (κ3) is 4.56. The van der Waals surface area contributed by atoms with Crippen LogP contribution in [0, 0.1) is 0 Å². The largest absolute Gasteiger partial charge is 0.326 e. The number of hydrogen-bond acceptors (Lipinski definition) is 3. The molecule has 2 aromatic carbocycles. The Bertz CT molecular complexity index is 791. The van der Waals surface area contributed by atoms with E-state index in [1.807, 2.05) is 18.2 Å². The molecule has 3 N–H and O–H groups in total. The van der Waals surface area contributed by atoms with Gasteiger partial charge in [-0.05, 0) is 36.2 Å². The van der Waals surface area contributed by atoms with Crippen molar-refractivity contribution >= 4 is 33.2 Å². The van der Waals surface area contributed by atoms with Crippen LogP contribution in [0.25, 0.3) is 0 Å². The van der Waals surface area contributed by atoms with Gasteiger partial charge in [0.25, 0.3) is 0 Å². The zero-order valence-electron chi connectivity index (χ0n) is 11.6. The molecule has 0 atom stereocenters. The van der Waals surface area contributed by atoms with Gasteiger partial charge in [-0.1, -0.05) is 35.9 Å². The van der Waals surface area contributed by atoms with E-state index in [2.05, 4.69) is 5.32 Å². The molecule has 0 aliphatic carbocycles. The minimum Gasteiger partial charge on any atom is -0.326 e. The molecule has 2 rings (SSSR count). The fourth-order valence-corrected chi connectivity index (χ4v) is 2.71. The number of primary sulfonamides is 1. The summed E-state index contributed by atoms with van der Waals surface area (Å²) in [5.74, 6) is -0.230. The van der Waals surface area contributed by atoms with Crippen LogP contribution in [0.4, 0.5) is 5.69 Å². The average Bonchev–Trinajstić information content (AvgIpc) is 2.46. The van der Waals surface area contributed by atoms with Crippen LogP contribution in [0.5, 0.6) is 0 Å². The van der Waals surface area contributed by atoms with E-state index in [0.717, 1.165) is 5.56 Å². The minimum atomic E-state index is -3.79. The maximum Gasteiger partial charge on any atom is 0.238 e. The highest BCUT2D eigenvalue weighted by molar-refractivity contribution is 7.89. The summed E-state index contributed by atoms with van der Waals surface area (Å²) < 4.78 is 22.5. The van der Waals surface area contributed by atoms with Gasteiger partial charge in [-0.15, -0.1) is 0 Å². The number of rotatable bonds is 5. The lowest BCUT2D eigenvalue weighted by molar-refractivity contribution is -0.116. The van der Waals surface area contributed by atoms with E-state index >= 15 is 0 Å². The highest BCUT2D eigenvalue weighted by Gasteiger charge is 2.10. The molecule has 0 aromatic heterocycles. The second kappa shape index (κ2) is 6.91. The molecule has 0 aliphatic heterocycles. The molecule has 0 aliphatic rings. The molecule has 22 heavy (non-hydrogen) atoms. The fraction of sp³-hybridized carbons (Fsp3) is 0.133. The van der Waals surface area contributed by atoms with Crippen LogP contribution < -0.4 is 10.5 Å². The molecule has 0 heterocycles. The summed E-state index contributed by atoms with van der Waals surface area (Å²) in [6.45, 7) is 0. The molecule has 7 heteroatoms. The Balaban J connectivity index is 2.00. The zero-order chi connectivity index (χ0) is 16.2. The van der Waals surface area contributed by atoms with Gasteiger partial charge in [0, 0.05) is 17.1 Å². The Morgan fingerprint density at radius 1 is 1.14 bits per heavy atom. The Kier molecular flexibility index (Phi) is 5.18. The van der Waals surface area contributed by atoms with Crippen molar-refractivity contribution in [3.63, 3.8) is 0 Å². The predicted molar refractivity (Wildman–Crippen MR) is 86.2 cm³/mol. The zero-order valence-corrected chi connectivity index (χ0v) is 13.2. The van der Waals surface area contributed by atoms with Gasteiger partial charge in [-0.3, -0.25) is 4.79 Å². The highest BCUT2D eigenvalue weighted by Crippen LogP contribution is 2.18. The van der Waals surface area contributed by atoms with E-state index in [4.69, 9.17) is 16.7 Å². The second-order valence-corrected chi connectivity index (χ2v) is 6.68. The molecule has 0 saturated carbocycles. The smallest absolute Gasteiger partial charge is 0.238 e. The fourth-order valence-electron chi connectivity index (χ4n) is 1.92. The van der Waals surface area contributed by atoms with E-state index in [1.54, 1.807) is 12.1 Å². The molecular formula is C15H15ClN2O3S. The molecule has 0 saturated heterocycles. The van der Waals surface area contributed by atoms with Crippen molar-refractivity contribution in [1.29, 1.82) is 0 Å². The van der Waals surface area contributed by atoms with E-state index in [0.29, 0.717) is 17.1 Å². The van der Waals surface area contributed by atoms with Gasteiger partial charge in [0.1, 0.15) is 0 Å². The van der Waals surface area contributed by atoms with E-state index in [-0.39, 0.29) is 17.2 Å². The number of nitrogens with two attached hydrogens (primary N) is 1. The molecule has 0 spiro atoms. The van der Waals surface area contributed by atoms with E-state index in [9.17, 15) is 13.2 Å². The molecule has 2 aromatic rings. The SMILES string of the molecule is NS(=O)(=O)c1cccc(NC(=O)CCc2ccccc2Cl)c1. The lowest BCUT2D eigenvalue weighted by Crippen LogP contribution is -2.15. The first-order chi connectivity index (χ1) is 10.4. The first kappa shape index (κ1) is 16.5. The Morgan fingerprint density at radius 3 is 2.55 bits per heavy atom. The summed E-state index contributed by atoms with van der Waals surface area (Å²) in [5, 5.41) is 8.31. The number of carbonyl (C=O) groups excluding carboxylic acids is 1. The van der Waals surface area contributed by atoms with Crippen molar-refractivity contribution in [2.24, 2.45) is 5.14 Å². The van der Waals surface area contributed by atoms with Crippen molar-refractivity contribution in [1.82, 2.24) is 0 Å².